The van der Waals surface area contributed by atoms with Gasteiger partial charge in [-0.15, -0.1) is 0 Å². The van der Waals surface area contributed by atoms with Crippen LogP contribution in [0.25, 0.3) is 6.08 Å². The normalized spacial score (nSPS) is 16.8. The molecule has 3 nitrogen and oxygen atoms in total. The lowest BCUT2D eigenvalue weighted by atomic mass is 10.1. The van der Waals surface area contributed by atoms with Gasteiger partial charge in [-0.1, -0.05) is 79.8 Å². The summed E-state index contributed by atoms with van der Waals surface area (Å²) in [5.74, 6) is 0.815. The maximum absolute atomic E-state index is 12.9. The van der Waals surface area contributed by atoms with Crippen LogP contribution < -0.4 is 4.74 Å². The molecule has 0 N–H and O–H groups in total. The van der Waals surface area contributed by atoms with Crippen molar-refractivity contribution in [2.45, 2.75) is 32.7 Å². The average molecular weight is 398 g/mol. The molecule has 2 aromatic carbocycles. The first kappa shape index (κ1) is 19.6. The van der Waals surface area contributed by atoms with Crippen LogP contribution in [-0.4, -0.2) is 21.7 Å². The highest BCUT2D eigenvalue weighted by Gasteiger charge is 2.35. The van der Waals surface area contributed by atoms with Crippen molar-refractivity contribution in [1.82, 2.24) is 4.90 Å². The second kappa shape index (κ2) is 9.20. The molecule has 3 rings (SSSR count). The van der Waals surface area contributed by atoms with Crippen molar-refractivity contribution >= 4 is 40.3 Å². The van der Waals surface area contributed by atoms with Gasteiger partial charge in [0.15, 0.2) is 0 Å². The number of amides is 1. The second-order valence-corrected chi connectivity index (χ2v) is 8.09. The van der Waals surface area contributed by atoms with Crippen LogP contribution >= 0.6 is 24.0 Å². The quantitative estimate of drug-likeness (QED) is 0.334. The number of hydrogen-bond acceptors (Lipinski definition) is 4. The Labute approximate surface area is 170 Å². The average Bonchev–Trinajstić information content (AvgIpc) is 2.97. The van der Waals surface area contributed by atoms with Gasteiger partial charge in [-0.25, -0.2) is 0 Å². The largest absolute Gasteiger partial charge is 0.494 e. The van der Waals surface area contributed by atoms with Crippen LogP contribution in [0.15, 0.2) is 59.5 Å². The number of benzene rings is 2. The van der Waals surface area contributed by atoms with E-state index >= 15 is 0 Å². The minimum absolute atomic E-state index is 0.0374. The van der Waals surface area contributed by atoms with Gasteiger partial charge >= 0.3 is 0 Å². The third-order valence-corrected chi connectivity index (χ3v) is 5.77. The van der Waals surface area contributed by atoms with Gasteiger partial charge in [0.2, 0.25) is 0 Å². The lowest BCUT2D eigenvalue weighted by molar-refractivity contribution is -0.123. The summed E-state index contributed by atoms with van der Waals surface area (Å²) in [6.07, 6.45) is 4.05. The zero-order valence-electron chi connectivity index (χ0n) is 15.6. The Morgan fingerprint density at radius 3 is 2.52 bits per heavy atom. The van der Waals surface area contributed by atoms with E-state index < -0.39 is 0 Å². The van der Waals surface area contributed by atoms with Crippen molar-refractivity contribution < 1.29 is 9.53 Å². The molecule has 2 aromatic rings. The van der Waals surface area contributed by atoms with Crippen LogP contribution in [0.5, 0.6) is 5.75 Å². The Hall–Kier alpha value is -2.11. The van der Waals surface area contributed by atoms with E-state index in [1.807, 2.05) is 67.6 Å². The number of unbranched alkanes of at least 4 members (excludes halogenated alkanes) is 1. The Morgan fingerprint density at radius 2 is 1.85 bits per heavy atom. The molecule has 1 aliphatic rings. The highest BCUT2D eigenvalue weighted by atomic mass is 32.2. The summed E-state index contributed by atoms with van der Waals surface area (Å²) >= 11 is 6.83. The molecule has 0 unspecified atom stereocenters. The fourth-order valence-corrected chi connectivity index (χ4v) is 4.26. The predicted molar refractivity (Wildman–Crippen MR) is 117 cm³/mol. The molecule has 0 saturated carbocycles. The smallest absolute Gasteiger partial charge is 0.266 e. The Morgan fingerprint density at radius 1 is 1.15 bits per heavy atom. The maximum atomic E-state index is 12.9. The lowest BCUT2D eigenvalue weighted by Crippen LogP contribution is -2.30. The molecule has 27 heavy (non-hydrogen) atoms. The number of thiocarbonyl (C=S) groups is 1. The van der Waals surface area contributed by atoms with Crippen molar-refractivity contribution in [2.24, 2.45) is 0 Å². The van der Waals surface area contributed by atoms with E-state index in [4.69, 9.17) is 17.0 Å². The number of ether oxygens (including phenoxy) is 1. The van der Waals surface area contributed by atoms with E-state index in [9.17, 15) is 4.79 Å². The van der Waals surface area contributed by atoms with E-state index in [-0.39, 0.29) is 11.9 Å². The SMILES string of the molecule is CCCCOc1ccc(/C=C2\SC(=S)N([C@@H](C)c3ccccc3)C2=O)cc1. The maximum Gasteiger partial charge on any atom is 0.266 e. The highest BCUT2D eigenvalue weighted by molar-refractivity contribution is 8.26. The van der Waals surface area contributed by atoms with Crippen molar-refractivity contribution in [3.05, 3.63) is 70.6 Å². The summed E-state index contributed by atoms with van der Waals surface area (Å²) < 4.78 is 6.28. The zero-order valence-corrected chi connectivity index (χ0v) is 17.2. The molecule has 1 heterocycles. The molecule has 5 heteroatoms. The summed E-state index contributed by atoms with van der Waals surface area (Å²) in [6.45, 7) is 4.87. The van der Waals surface area contributed by atoms with Crippen LogP contribution in [0.1, 0.15) is 43.9 Å². The summed E-state index contributed by atoms with van der Waals surface area (Å²) in [5.41, 5.74) is 2.04. The Bertz CT molecular complexity index is 831. The first-order chi connectivity index (χ1) is 13.1. The molecule has 0 bridgehead atoms. The Kier molecular flexibility index (Phi) is 6.69. The van der Waals surface area contributed by atoms with Gasteiger partial charge in [-0.05, 0) is 42.7 Å². The van der Waals surface area contributed by atoms with Gasteiger partial charge in [0.05, 0.1) is 17.6 Å². The zero-order chi connectivity index (χ0) is 19.2. The van der Waals surface area contributed by atoms with Crippen molar-refractivity contribution in [2.75, 3.05) is 6.61 Å². The van der Waals surface area contributed by atoms with Gasteiger partial charge in [0, 0.05) is 0 Å². The van der Waals surface area contributed by atoms with Crippen LogP contribution in [0.3, 0.4) is 0 Å². The van der Waals surface area contributed by atoms with Crippen LogP contribution in [0.2, 0.25) is 0 Å². The van der Waals surface area contributed by atoms with E-state index in [1.165, 1.54) is 11.8 Å². The summed E-state index contributed by atoms with van der Waals surface area (Å²) in [7, 11) is 0. The number of carbonyl (C=O) groups is 1. The van der Waals surface area contributed by atoms with Gasteiger partial charge in [0.1, 0.15) is 10.1 Å². The van der Waals surface area contributed by atoms with E-state index in [1.54, 1.807) is 4.90 Å². The lowest BCUT2D eigenvalue weighted by Gasteiger charge is -2.23. The minimum atomic E-state index is -0.0843. The van der Waals surface area contributed by atoms with Gasteiger partial charge in [-0.3, -0.25) is 9.69 Å². The highest BCUT2D eigenvalue weighted by Crippen LogP contribution is 2.38. The monoisotopic (exact) mass is 397 g/mol. The number of thioether (sulfide) groups is 1. The van der Waals surface area contributed by atoms with Gasteiger partial charge in [0.25, 0.3) is 5.91 Å². The topological polar surface area (TPSA) is 29.5 Å². The number of rotatable bonds is 7. The molecule has 140 valence electrons. The summed E-state index contributed by atoms with van der Waals surface area (Å²) in [5, 5.41) is 0. The molecule has 1 saturated heterocycles. The predicted octanol–water partition coefficient (Wildman–Crippen LogP) is 5.83. The van der Waals surface area contributed by atoms with Crippen LogP contribution in [0, 0.1) is 0 Å². The van der Waals surface area contributed by atoms with Gasteiger partial charge < -0.3 is 4.74 Å². The number of carbonyl (C=O) groups excluding carboxylic acids is 1. The van der Waals surface area contributed by atoms with E-state index in [0.29, 0.717) is 9.23 Å². The summed E-state index contributed by atoms with van der Waals surface area (Å²) in [4.78, 5) is 15.3. The third-order valence-electron chi connectivity index (χ3n) is 4.44. The molecule has 0 aliphatic carbocycles. The molecule has 0 radical (unpaired) electrons. The molecule has 1 amide bonds. The minimum Gasteiger partial charge on any atom is -0.494 e. The molecular formula is C22H23NO2S2. The molecule has 0 spiro atoms. The summed E-state index contributed by atoms with van der Waals surface area (Å²) in [6, 6.07) is 17.7. The number of nitrogens with zero attached hydrogens (tertiary/aromatic N) is 1. The molecule has 1 aliphatic heterocycles. The van der Waals surface area contributed by atoms with Crippen molar-refractivity contribution in [3.8, 4) is 5.75 Å². The first-order valence-corrected chi connectivity index (χ1v) is 10.4. The third kappa shape index (κ3) is 4.79. The van der Waals surface area contributed by atoms with E-state index in [2.05, 4.69) is 6.92 Å². The standard InChI is InChI=1S/C22H23NO2S2/c1-3-4-14-25-19-12-10-17(11-13-19)15-20-21(24)23(22(26)27-20)16(2)18-8-6-5-7-9-18/h5-13,15-16H,3-4,14H2,1-2H3/b20-15-/t16-/m0/s1. The molecule has 0 aromatic heterocycles. The van der Waals surface area contributed by atoms with Gasteiger partial charge in [-0.2, -0.15) is 0 Å². The van der Waals surface area contributed by atoms with Crippen molar-refractivity contribution in [1.29, 1.82) is 0 Å². The fourth-order valence-electron chi connectivity index (χ4n) is 2.84. The van der Waals surface area contributed by atoms with Crippen LogP contribution in [-0.2, 0) is 4.79 Å². The molecule has 1 fully saturated rings. The molecule has 1 atom stereocenters. The van der Waals surface area contributed by atoms with Crippen LogP contribution in [0.4, 0.5) is 0 Å². The van der Waals surface area contributed by atoms with E-state index in [0.717, 1.165) is 36.3 Å². The fraction of sp³-hybridized carbons (Fsp3) is 0.273. The second-order valence-electron chi connectivity index (χ2n) is 6.41. The Balaban J connectivity index is 1.72. The molecular weight excluding hydrogens is 374 g/mol. The number of hydrogen-bond donors (Lipinski definition) is 0. The first-order valence-electron chi connectivity index (χ1n) is 9.15. The van der Waals surface area contributed by atoms with Crippen molar-refractivity contribution in [3.63, 3.8) is 0 Å².